The maximum atomic E-state index is 10.9. The largest absolute Gasteiger partial charge is 0.306 e. The average molecular weight is 200 g/mol. The van der Waals surface area contributed by atoms with E-state index in [2.05, 4.69) is 4.99 Å². The molecule has 0 saturated carbocycles. The smallest absolute Gasteiger partial charge is 0.150 e. The highest BCUT2D eigenvalue weighted by Crippen LogP contribution is 2.19. The minimum atomic E-state index is 0.686. The van der Waals surface area contributed by atoms with Crippen LogP contribution < -0.4 is 0 Å². The number of nitrogens with zero attached hydrogens (tertiary/aromatic N) is 1. The summed E-state index contributed by atoms with van der Waals surface area (Å²) in [5.41, 5.74) is 3.38. The third-order valence-corrected chi connectivity index (χ3v) is 2.62. The topological polar surface area (TPSA) is 53.3 Å². The average Bonchev–Trinajstić information content (AvgIpc) is 2.50. The van der Waals surface area contributed by atoms with Crippen molar-refractivity contribution in [3.8, 4) is 0 Å². The summed E-state index contributed by atoms with van der Waals surface area (Å²) in [4.78, 5) is 15.2. The minimum Gasteiger partial charge on any atom is -0.306 e. The number of rotatable bonds is 2. The molecule has 3 heteroatoms. The van der Waals surface area contributed by atoms with Crippen LogP contribution in [0.3, 0.4) is 0 Å². The molecule has 0 bridgehead atoms. The molecular weight excluding hydrogens is 188 g/mol. The number of carbonyl (C=O) groups is 1. The lowest BCUT2D eigenvalue weighted by Crippen LogP contribution is -2.06. The lowest BCUT2D eigenvalue weighted by atomic mass is 9.96. The van der Waals surface area contributed by atoms with E-state index in [9.17, 15) is 4.79 Å². The van der Waals surface area contributed by atoms with Crippen LogP contribution in [0, 0.1) is 5.41 Å². The molecular formula is C12H12N2O. The standard InChI is InChI=1S/C12H12N2O/c13-7-12-11-4-1-3-9(8-15)10(11)5-2-6-14-12/h1,3-4,7-8,13H,2,5-6H2. The molecule has 1 aliphatic rings. The van der Waals surface area contributed by atoms with Crippen molar-refractivity contribution in [3.05, 3.63) is 34.9 Å². The van der Waals surface area contributed by atoms with Crippen LogP contribution in [0.15, 0.2) is 23.2 Å². The van der Waals surface area contributed by atoms with E-state index in [0.29, 0.717) is 5.71 Å². The summed E-state index contributed by atoms with van der Waals surface area (Å²) in [6, 6.07) is 5.59. The molecule has 1 heterocycles. The van der Waals surface area contributed by atoms with E-state index >= 15 is 0 Å². The zero-order valence-corrected chi connectivity index (χ0v) is 8.36. The van der Waals surface area contributed by atoms with E-state index < -0.39 is 0 Å². The first-order valence-electron chi connectivity index (χ1n) is 4.99. The van der Waals surface area contributed by atoms with E-state index in [1.807, 2.05) is 18.2 Å². The van der Waals surface area contributed by atoms with Crippen molar-refractivity contribution >= 4 is 18.2 Å². The number of fused-ring (bicyclic) bond motifs is 1. The molecule has 2 rings (SSSR count). The first kappa shape index (κ1) is 9.77. The fraction of sp³-hybridized carbons (Fsp3) is 0.250. The van der Waals surface area contributed by atoms with Gasteiger partial charge in [0.1, 0.15) is 6.29 Å². The molecule has 1 N–H and O–H groups in total. The summed E-state index contributed by atoms with van der Waals surface area (Å²) in [6.45, 7) is 0.734. The Balaban J connectivity index is 2.62. The normalized spacial score (nSPS) is 14.8. The molecule has 3 nitrogen and oxygen atoms in total. The second-order valence-corrected chi connectivity index (χ2v) is 3.51. The first-order chi connectivity index (χ1) is 7.36. The predicted octanol–water partition coefficient (Wildman–Crippen LogP) is 1.88. The Bertz CT molecular complexity index is 435. The first-order valence-corrected chi connectivity index (χ1v) is 4.99. The van der Waals surface area contributed by atoms with Gasteiger partial charge in [-0.1, -0.05) is 18.2 Å². The molecule has 15 heavy (non-hydrogen) atoms. The van der Waals surface area contributed by atoms with Crippen molar-refractivity contribution in [1.29, 1.82) is 5.41 Å². The van der Waals surface area contributed by atoms with Gasteiger partial charge in [0, 0.05) is 23.9 Å². The maximum Gasteiger partial charge on any atom is 0.150 e. The van der Waals surface area contributed by atoms with Crippen LogP contribution in [0.2, 0.25) is 0 Å². The van der Waals surface area contributed by atoms with Gasteiger partial charge in [0.15, 0.2) is 0 Å². The van der Waals surface area contributed by atoms with Crippen LogP contribution >= 0.6 is 0 Å². The van der Waals surface area contributed by atoms with Crippen LogP contribution in [0.25, 0.3) is 0 Å². The van der Waals surface area contributed by atoms with Crippen molar-refractivity contribution in [2.75, 3.05) is 6.54 Å². The summed E-state index contributed by atoms with van der Waals surface area (Å²) in [5, 5.41) is 7.31. The Labute approximate surface area is 88.4 Å². The predicted molar refractivity (Wildman–Crippen MR) is 60.3 cm³/mol. The number of nitrogens with one attached hydrogen (secondary N) is 1. The second-order valence-electron chi connectivity index (χ2n) is 3.51. The van der Waals surface area contributed by atoms with E-state index in [1.165, 1.54) is 6.21 Å². The van der Waals surface area contributed by atoms with Crippen molar-refractivity contribution in [3.63, 3.8) is 0 Å². The number of benzene rings is 1. The van der Waals surface area contributed by atoms with Crippen LogP contribution in [0.4, 0.5) is 0 Å². The van der Waals surface area contributed by atoms with Crippen molar-refractivity contribution < 1.29 is 4.79 Å². The monoisotopic (exact) mass is 200 g/mol. The van der Waals surface area contributed by atoms with Gasteiger partial charge >= 0.3 is 0 Å². The Morgan fingerprint density at radius 1 is 1.40 bits per heavy atom. The third-order valence-electron chi connectivity index (χ3n) is 2.62. The van der Waals surface area contributed by atoms with E-state index in [4.69, 9.17) is 5.41 Å². The molecule has 1 aromatic carbocycles. The van der Waals surface area contributed by atoms with Crippen LogP contribution in [0.5, 0.6) is 0 Å². The zero-order chi connectivity index (χ0) is 10.7. The summed E-state index contributed by atoms with van der Waals surface area (Å²) >= 11 is 0. The summed E-state index contributed by atoms with van der Waals surface area (Å²) in [6.07, 6.45) is 3.95. The van der Waals surface area contributed by atoms with Crippen LogP contribution in [-0.4, -0.2) is 24.8 Å². The summed E-state index contributed by atoms with van der Waals surface area (Å²) in [7, 11) is 0. The highest BCUT2D eigenvalue weighted by atomic mass is 16.1. The molecule has 1 aliphatic heterocycles. The highest BCUT2D eigenvalue weighted by molar-refractivity contribution is 6.37. The second kappa shape index (κ2) is 4.17. The molecule has 0 fully saturated rings. The number of aliphatic imine (C=N–C) groups is 1. The van der Waals surface area contributed by atoms with Gasteiger partial charge in [-0.2, -0.15) is 0 Å². The zero-order valence-electron chi connectivity index (χ0n) is 8.36. The van der Waals surface area contributed by atoms with Crippen molar-refractivity contribution in [1.82, 2.24) is 0 Å². The lowest BCUT2D eigenvalue weighted by Gasteiger charge is -2.07. The summed E-state index contributed by atoms with van der Waals surface area (Å²) in [5.74, 6) is 0. The van der Waals surface area contributed by atoms with Gasteiger partial charge in [0.25, 0.3) is 0 Å². The Morgan fingerprint density at radius 2 is 2.27 bits per heavy atom. The fourth-order valence-corrected chi connectivity index (χ4v) is 1.90. The Hall–Kier alpha value is -1.77. The van der Waals surface area contributed by atoms with Gasteiger partial charge in [-0.3, -0.25) is 9.79 Å². The van der Waals surface area contributed by atoms with Crippen molar-refractivity contribution in [2.45, 2.75) is 12.8 Å². The van der Waals surface area contributed by atoms with Gasteiger partial charge < -0.3 is 5.41 Å². The molecule has 0 radical (unpaired) electrons. The van der Waals surface area contributed by atoms with Crippen LogP contribution in [-0.2, 0) is 6.42 Å². The highest BCUT2D eigenvalue weighted by Gasteiger charge is 2.13. The lowest BCUT2D eigenvalue weighted by molar-refractivity contribution is 0.112. The number of hydrogen-bond donors (Lipinski definition) is 1. The Morgan fingerprint density at radius 3 is 3.00 bits per heavy atom. The molecule has 0 atom stereocenters. The van der Waals surface area contributed by atoms with Gasteiger partial charge in [-0.25, -0.2) is 0 Å². The SMILES string of the molecule is N=CC1=NCCCc2c(C=O)cccc21. The maximum absolute atomic E-state index is 10.9. The van der Waals surface area contributed by atoms with E-state index in [1.54, 1.807) is 0 Å². The Kier molecular flexibility index (Phi) is 2.72. The number of hydrogen-bond acceptors (Lipinski definition) is 3. The molecule has 0 spiro atoms. The van der Waals surface area contributed by atoms with Gasteiger partial charge in [-0.05, 0) is 18.4 Å². The van der Waals surface area contributed by atoms with Gasteiger partial charge in [0.05, 0.1) is 5.71 Å². The van der Waals surface area contributed by atoms with Crippen LogP contribution in [0.1, 0.15) is 27.9 Å². The van der Waals surface area contributed by atoms with E-state index in [-0.39, 0.29) is 0 Å². The van der Waals surface area contributed by atoms with Gasteiger partial charge in [0.2, 0.25) is 0 Å². The molecule has 0 amide bonds. The quantitative estimate of drug-likeness (QED) is 0.575. The minimum absolute atomic E-state index is 0.686. The molecule has 1 aromatic rings. The molecule has 0 aromatic heterocycles. The number of aldehydes is 1. The molecule has 0 saturated heterocycles. The van der Waals surface area contributed by atoms with E-state index in [0.717, 1.165) is 42.4 Å². The third kappa shape index (κ3) is 1.73. The molecule has 0 unspecified atom stereocenters. The van der Waals surface area contributed by atoms with Gasteiger partial charge in [-0.15, -0.1) is 0 Å². The van der Waals surface area contributed by atoms with Crippen molar-refractivity contribution in [2.24, 2.45) is 4.99 Å². The number of carbonyl (C=O) groups excluding carboxylic acids is 1. The summed E-state index contributed by atoms with van der Waals surface area (Å²) < 4.78 is 0. The molecule has 0 aliphatic carbocycles. The molecule has 76 valence electrons. The fourth-order valence-electron chi connectivity index (χ4n) is 1.90.